The second-order valence-corrected chi connectivity index (χ2v) is 10.0. The van der Waals surface area contributed by atoms with Gasteiger partial charge in [0.1, 0.15) is 5.75 Å². The molecule has 3 fully saturated rings. The van der Waals surface area contributed by atoms with Gasteiger partial charge in [-0.25, -0.2) is 4.98 Å². The molecule has 3 atom stereocenters. The Balaban J connectivity index is 1.24. The monoisotopic (exact) mass is 489 g/mol. The first-order chi connectivity index (χ1) is 16.2. The van der Waals surface area contributed by atoms with Gasteiger partial charge >= 0.3 is 0 Å². The fraction of sp³-hybridized carbons (Fsp3) is 0.542. The fourth-order valence-corrected chi connectivity index (χ4v) is 5.63. The van der Waals surface area contributed by atoms with E-state index in [2.05, 4.69) is 15.6 Å². The summed E-state index contributed by atoms with van der Waals surface area (Å²) in [5.74, 6) is 0.335. The van der Waals surface area contributed by atoms with Gasteiger partial charge in [0.15, 0.2) is 12.0 Å². The van der Waals surface area contributed by atoms with Crippen LogP contribution in [0.2, 0.25) is 5.02 Å². The second-order valence-electron chi connectivity index (χ2n) is 9.61. The third-order valence-electron chi connectivity index (χ3n) is 7.48. The largest absolute Gasteiger partial charge is 0.480 e. The van der Waals surface area contributed by atoms with Crippen molar-refractivity contribution in [2.75, 3.05) is 0 Å². The molecule has 6 rings (SSSR count). The lowest BCUT2D eigenvalue weighted by Crippen LogP contribution is -2.70. The maximum Gasteiger partial charge on any atom is 0.289 e. The van der Waals surface area contributed by atoms with Crippen LogP contribution in [0.5, 0.6) is 5.75 Å². The molecule has 0 unspecified atom stereocenters. The van der Waals surface area contributed by atoms with E-state index in [1.165, 1.54) is 6.20 Å². The first kappa shape index (κ1) is 23.1. The third kappa shape index (κ3) is 4.06. The number of aromatic nitrogens is 1. The number of aryl methyl sites for hydroxylation is 1. The number of hydrogen-bond donors (Lipinski definition) is 4. The number of oxazole rings is 1. The number of benzene rings is 1. The van der Waals surface area contributed by atoms with Gasteiger partial charge in [0.25, 0.3) is 11.8 Å². The summed E-state index contributed by atoms with van der Waals surface area (Å²) in [6.45, 7) is 1.89. The Morgan fingerprint density at radius 1 is 1.21 bits per heavy atom. The van der Waals surface area contributed by atoms with Crippen LogP contribution in [0.3, 0.4) is 0 Å². The van der Waals surface area contributed by atoms with E-state index in [1.807, 2.05) is 6.92 Å². The molecule has 2 bridgehead atoms. The standard InChI is InChI=1S/C24H28ClN3O6/c1-2-20-26-12-18(34-20)22(32)28-24-7-5-23(6-8-24,11-19(24)30)27-21(31)17-10-15(29)14-9-13(25)3-4-16(14)33-17/h3-4,9,12,15,17,19,29-30H,2,5-8,10-11H2,1H3,(H,27,31)(H,28,32)/t15-,17-,19-,23?,24?/m1/s1. The van der Waals surface area contributed by atoms with Gasteiger partial charge in [0.2, 0.25) is 5.76 Å². The van der Waals surface area contributed by atoms with Crippen LogP contribution < -0.4 is 15.4 Å². The Hall–Kier alpha value is -2.62. The molecule has 2 heterocycles. The molecule has 3 aliphatic carbocycles. The first-order valence-electron chi connectivity index (χ1n) is 11.6. The summed E-state index contributed by atoms with van der Waals surface area (Å²) in [5.41, 5.74) is -0.781. The molecule has 2 aromatic rings. The summed E-state index contributed by atoms with van der Waals surface area (Å²) in [5, 5.41) is 28.0. The third-order valence-corrected chi connectivity index (χ3v) is 7.72. The van der Waals surface area contributed by atoms with Crippen LogP contribution >= 0.6 is 11.6 Å². The molecule has 0 radical (unpaired) electrons. The molecule has 4 N–H and O–H groups in total. The smallest absolute Gasteiger partial charge is 0.289 e. The number of carbonyl (C=O) groups excluding carboxylic acids is 2. The van der Waals surface area contributed by atoms with E-state index in [-0.39, 0.29) is 18.1 Å². The Morgan fingerprint density at radius 3 is 2.65 bits per heavy atom. The Kier molecular flexibility index (Phi) is 5.82. The van der Waals surface area contributed by atoms with E-state index < -0.39 is 35.3 Å². The van der Waals surface area contributed by atoms with Crippen molar-refractivity contribution in [1.29, 1.82) is 0 Å². The molecule has 1 aliphatic heterocycles. The van der Waals surface area contributed by atoms with E-state index in [9.17, 15) is 19.8 Å². The molecule has 182 valence electrons. The number of nitrogens with one attached hydrogen (secondary N) is 2. The van der Waals surface area contributed by atoms with Crippen LogP contribution in [0.25, 0.3) is 0 Å². The molecule has 0 spiro atoms. The van der Waals surface area contributed by atoms with Crippen molar-refractivity contribution in [2.24, 2.45) is 0 Å². The van der Waals surface area contributed by atoms with Crippen molar-refractivity contribution in [1.82, 2.24) is 15.6 Å². The fourth-order valence-electron chi connectivity index (χ4n) is 5.45. The maximum atomic E-state index is 13.1. The van der Waals surface area contributed by atoms with Crippen molar-refractivity contribution in [3.63, 3.8) is 0 Å². The highest BCUT2D eigenvalue weighted by atomic mass is 35.5. The highest BCUT2D eigenvalue weighted by molar-refractivity contribution is 6.30. The molecular formula is C24H28ClN3O6. The van der Waals surface area contributed by atoms with Crippen LogP contribution in [0.15, 0.2) is 28.8 Å². The van der Waals surface area contributed by atoms with Crippen LogP contribution in [0, 0.1) is 0 Å². The second kappa shape index (κ2) is 8.55. The lowest BCUT2D eigenvalue weighted by Gasteiger charge is -2.56. The number of carbonyl (C=O) groups is 2. The zero-order valence-electron chi connectivity index (χ0n) is 18.8. The number of amides is 2. The van der Waals surface area contributed by atoms with Gasteiger partial charge < -0.3 is 30.0 Å². The van der Waals surface area contributed by atoms with Crippen molar-refractivity contribution < 1.29 is 29.0 Å². The topological polar surface area (TPSA) is 134 Å². The van der Waals surface area contributed by atoms with Gasteiger partial charge in [-0.3, -0.25) is 9.59 Å². The number of hydrogen-bond acceptors (Lipinski definition) is 7. The lowest BCUT2D eigenvalue weighted by atomic mass is 9.59. The minimum absolute atomic E-state index is 0.120. The van der Waals surface area contributed by atoms with Crippen LogP contribution in [-0.4, -0.2) is 50.3 Å². The SMILES string of the molecule is CCc1ncc(C(=O)NC23CCC(NC(=O)[C@H]4C[C@@H](O)c5cc(Cl)ccc5O4)(CC2)C[C@H]3O)o1. The van der Waals surface area contributed by atoms with Gasteiger partial charge in [0, 0.05) is 29.0 Å². The van der Waals surface area contributed by atoms with Crippen molar-refractivity contribution in [2.45, 2.75) is 81.3 Å². The quantitative estimate of drug-likeness (QED) is 0.506. The predicted octanol–water partition coefficient (Wildman–Crippen LogP) is 2.44. The Labute approximate surface area is 201 Å². The van der Waals surface area contributed by atoms with E-state index >= 15 is 0 Å². The number of aliphatic hydroxyl groups is 2. The normalized spacial score (nSPS) is 31.9. The van der Waals surface area contributed by atoms with Gasteiger partial charge in [-0.2, -0.15) is 0 Å². The Bertz CT molecular complexity index is 1110. The molecule has 2 amide bonds. The maximum absolute atomic E-state index is 13.1. The molecule has 9 nitrogen and oxygen atoms in total. The number of aliphatic hydroxyl groups excluding tert-OH is 2. The van der Waals surface area contributed by atoms with Crippen LogP contribution in [-0.2, 0) is 11.2 Å². The van der Waals surface area contributed by atoms with Gasteiger partial charge in [0.05, 0.1) is 23.9 Å². The number of halogens is 1. The summed E-state index contributed by atoms with van der Waals surface area (Å²) in [6.07, 6.45) is 2.15. The molecular weight excluding hydrogens is 462 g/mol. The van der Waals surface area contributed by atoms with Crippen LogP contribution in [0.1, 0.15) is 73.6 Å². The van der Waals surface area contributed by atoms with E-state index in [0.717, 1.165) is 0 Å². The summed E-state index contributed by atoms with van der Waals surface area (Å²) in [7, 11) is 0. The zero-order chi connectivity index (χ0) is 24.1. The first-order valence-corrected chi connectivity index (χ1v) is 12.0. The van der Waals surface area contributed by atoms with Crippen molar-refractivity contribution in [3.05, 3.63) is 46.6 Å². The Morgan fingerprint density at radius 2 is 1.97 bits per heavy atom. The van der Waals surface area contributed by atoms with Gasteiger partial charge in [-0.1, -0.05) is 18.5 Å². The minimum Gasteiger partial charge on any atom is -0.480 e. The molecule has 1 aromatic carbocycles. The highest BCUT2D eigenvalue weighted by Gasteiger charge is 2.56. The number of fused-ring (bicyclic) bond motifs is 4. The average molecular weight is 490 g/mol. The molecule has 4 aliphatic rings. The summed E-state index contributed by atoms with van der Waals surface area (Å²) in [4.78, 5) is 29.9. The number of ether oxygens (including phenoxy) is 1. The van der Waals surface area contributed by atoms with E-state index in [1.54, 1.807) is 18.2 Å². The minimum atomic E-state index is -0.855. The highest BCUT2D eigenvalue weighted by Crippen LogP contribution is 2.47. The van der Waals surface area contributed by atoms with E-state index in [0.29, 0.717) is 60.8 Å². The molecule has 0 saturated heterocycles. The lowest BCUT2D eigenvalue weighted by molar-refractivity contribution is -0.136. The zero-order valence-corrected chi connectivity index (χ0v) is 19.6. The van der Waals surface area contributed by atoms with Gasteiger partial charge in [-0.05, 0) is 50.3 Å². The average Bonchev–Trinajstić information content (AvgIpc) is 3.30. The van der Waals surface area contributed by atoms with Crippen molar-refractivity contribution in [3.8, 4) is 5.75 Å². The van der Waals surface area contributed by atoms with Crippen molar-refractivity contribution >= 4 is 23.4 Å². The molecule has 10 heteroatoms. The summed E-state index contributed by atoms with van der Waals surface area (Å²) < 4.78 is 11.3. The molecule has 3 saturated carbocycles. The molecule has 1 aromatic heterocycles. The molecule has 34 heavy (non-hydrogen) atoms. The van der Waals surface area contributed by atoms with Gasteiger partial charge in [-0.15, -0.1) is 0 Å². The summed E-state index contributed by atoms with van der Waals surface area (Å²) in [6, 6.07) is 4.95. The predicted molar refractivity (Wildman–Crippen MR) is 121 cm³/mol. The number of nitrogens with zero attached hydrogens (tertiary/aromatic N) is 1. The van der Waals surface area contributed by atoms with E-state index in [4.69, 9.17) is 20.8 Å². The van der Waals surface area contributed by atoms with Crippen LogP contribution in [0.4, 0.5) is 0 Å². The number of rotatable bonds is 5. The summed E-state index contributed by atoms with van der Waals surface area (Å²) >= 11 is 6.01.